The standard InChI is InChI=1S/C24H29N5O2.HI/c1-25-24(27-20-14-23(31)29(17-20)21-9-3-2-4-10-21)26-15-18-7-5-8-19(13-18)16-28-12-6-11-22(28)30;/h2-5,7-10,13,20H,6,11-12,14-17H2,1H3,(H2,25,26,27);1H. The van der Waals surface area contributed by atoms with Crippen LogP contribution >= 0.6 is 24.0 Å². The van der Waals surface area contributed by atoms with Crippen LogP contribution in [0.4, 0.5) is 5.69 Å². The first kappa shape index (κ1) is 24.0. The Balaban J connectivity index is 0.00000289. The molecule has 2 aliphatic rings. The van der Waals surface area contributed by atoms with Gasteiger partial charge in [0.2, 0.25) is 11.8 Å². The molecule has 170 valence electrons. The maximum Gasteiger partial charge on any atom is 0.229 e. The highest BCUT2D eigenvalue weighted by atomic mass is 127. The van der Waals surface area contributed by atoms with E-state index in [1.165, 1.54) is 0 Å². The number of likely N-dealkylation sites (tertiary alicyclic amines) is 1. The van der Waals surface area contributed by atoms with Crippen molar-refractivity contribution >= 4 is 47.4 Å². The van der Waals surface area contributed by atoms with Crippen molar-refractivity contribution < 1.29 is 9.59 Å². The lowest BCUT2D eigenvalue weighted by molar-refractivity contribution is -0.128. The van der Waals surface area contributed by atoms with Gasteiger partial charge in [0.1, 0.15) is 0 Å². The van der Waals surface area contributed by atoms with Gasteiger partial charge in [-0.15, -0.1) is 24.0 Å². The summed E-state index contributed by atoms with van der Waals surface area (Å²) in [4.78, 5) is 32.4. The van der Waals surface area contributed by atoms with Crippen molar-refractivity contribution in [1.29, 1.82) is 0 Å². The molecule has 1 atom stereocenters. The maximum absolute atomic E-state index is 12.4. The average molecular weight is 547 g/mol. The van der Waals surface area contributed by atoms with Crippen LogP contribution in [0, 0.1) is 0 Å². The van der Waals surface area contributed by atoms with Crippen molar-refractivity contribution in [3.8, 4) is 0 Å². The van der Waals surface area contributed by atoms with Gasteiger partial charge in [0.25, 0.3) is 0 Å². The molecule has 2 N–H and O–H groups in total. The number of benzene rings is 2. The Morgan fingerprint density at radius 3 is 2.56 bits per heavy atom. The van der Waals surface area contributed by atoms with Crippen LogP contribution in [0.1, 0.15) is 30.4 Å². The number of amides is 2. The number of aliphatic imine (C=N–C) groups is 1. The Bertz CT molecular complexity index is 966. The van der Waals surface area contributed by atoms with E-state index >= 15 is 0 Å². The molecule has 0 bridgehead atoms. The number of halogens is 1. The van der Waals surface area contributed by atoms with E-state index in [2.05, 4.69) is 33.8 Å². The SMILES string of the molecule is CN=C(NCc1cccc(CN2CCCC2=O)c1)NC1CC(=O)N(c2ccccc2)C1.I. The van der Waals surface area contributed by atoms with Gasteiger partial charge in [-0.25, -0.2) is 0 Å². The minimum Gasteiger partial charge on any atom is -0.352 e. The number of hydrogen-bond donors (Lipinski definition) is 2. The Hall–Kier alpha value is -2.62. The maximum atomic E-state index is 12.4. The zero-order chi connectivity index (χ0) is 21.6. The van der Waals surface area contributed by atoms with Crippen molar-refractivity contribution in [1.82, 2.24) is 15.5 Å². The summed E-state index contributed by atoms with van der Waals surface area (Å²) in [5, 5.41) is 6.71. The average Bonchev–Trinajstić information content (AvgIpc) is 3.36. The first-order valence-electron chi connectivity index (χ1n) is 10.8. The van der Waals surface area contributed by atoms with Crippen molar-refractivity contribution in [2.75, 3.05) is 25.0 Å². The molecule has 0 aliphatic carbocycles. The van der Waals surface area contributed by atoms with Crippen LogP contribution in [0.3, 0.4) is 0 Å². The molecule has 2 amide bonds. The van der Waals surface area contributed by atoms with Crippen LogP contribution in [0.15, 0.2) is 59.6 Å². The molecule has 2 aromatic carbocycles. The van der Waals surface area contributed by atoms with Gasteiger partial charge in [-0.1, -0.05) is 42.5 Å². The Labute approximate surface area is 206 Å². The fraction of sp³-hybridized carbons (Fsp3) is 0.375. The molecule has 8 heteroatoms. The van der Waals surface area contributed by atoms with Crippen LogP contribution in [-0.2, 0) is 22.7 Å². The molecule has 2 saturated heterocycles. The van der Waals surface area contributed by atoms with Gasteiger partial charge in [0, 0.05) is 51.8 Å². The van der Waals surface area contributed by atoms with Crippen LogP contribution in [0.25, 0.3) is 0 Å². The first-order chi connectivity index (χ1) is 15.1. The van der Waals surface area contributed by atoms with E-state index in [-0.39, 0.29) is 41.8 Å². The fourth-order valence-electron chi connectivity index (χ4n) is 4.17. The lowest BCUT2D eigenvalue weighted by atomic mass is 10.1. The minimum atomic E-state index is 0. The van der Waals surface area contributed by atoms with Gasteiger partial charge in [-0.3, -0.25) is 14.6 Å². The van der Waals surface area contributed by atoms with Crippen molar-refractivity contribution in [2.24, 2.45) is 4.99 Å². The van der Waals surface area contributed by atoms with Gasteiger partial charge >= 0.3 is 0 Å². The number of nitrogens with zero attached hydrogens (tertiary/aromatic N) is 3. The molecule has 32 heavy (non-hydrogen) atoms. The van der Waals surface area contributed by atoms with Gasteiger partial charge in [0.05, 0.1) is 6.04 Å². The second-order valence-corrected chi connectivity index (χ2v) is 8.05. The zero-order valence-electron chi connectivity index (χ0n) is 18.3. The smallest absolute Gasteiger partial charge is 0.229 e. The quantitative estimate of drug-likeness (QED) is 0.332. The van der Waals surface area contributed by atoms with E-state index in [0.717, 1.165) is 29.8 Å². The fourth-order valence-corrected chi connectivity index (χ4v) is 4.17. The Morgan fingerprint density at radius 2 is 1.84 bits per heavy atom. The second kappa shape index (κ2) is 11.3. The van der Waals surface area contributed by atoms with Crippen LogP contribution in [0.5, 0.6) is 0 Å². The van der Waals surface area contributed by atoms with Crippen molar-refractivity contribution in [2.45, 2.75) is 38.4 Å². The Kier molecular flexibility index (Phi) is 8.49. The summed E-state index contributed by atoms with van der Waals surface area (Å²) in [6.45, 7) is 2.74. The third-order valence-corrected chi connectivity index (χ3v) is 5.75. The highest BCUT2D eigenvalue weighted by Gasteiger charge is 2.31. The monoisotopic (exact) mass is 547 g/mol. The summed E-state index contributed by atoms with van der Waals surface area (Å²) in [5.74, 6) is 1.03. The summed E-state index contributed by atoms with van der Waals surface area (Å²) in [5.41, 5.74) is 3.19. The topological polar surface area (TPSA) is 77.0 Å². The highest BCUT2D eigenvalue weighted by Crippen LogP contribution is 2.21. The zero-order valence-corrected chi connectivity index (χ0v) is 20.6. The molecule has 2 aliphatic heterocycles. The van der Waals surface area contributed by atoms with Gasteiger partial charge in [-0.05, 0) is 29.7 Å². The van der Waals surface area contributed by atoms with E-state index in [1.807, 2.05) is 46.2 Å². The molecule has 2 aromatic rings. The number of para-hydroxylation sites is 1. The summed E-state index contributed by atoms with van der Waals surface area (Å²) < 4.78 is 0. The number of guanidine groups is 1. The number of anilines is 1. The molecular formula is C24H30IN5O2. The molecule has 2 fully saturated rings. The molecule has 0 saturated carbocycles. The third kappa shape index (κ3) is 5.99. The number of rotatable bonds is 6. The molecule has 0 spiro atoms. The number of hydrogen-bond acceptors (Lipinski definition) is 3. The van der Waals surface area contributed by atoms with Crippen LogP contribution < -0.4 is 15.5 Å². The molecule has 2 heterocycles. The van der Waals surface area contributed by atoms with Crippen LogP contribution in [0.2, 0.25) is 0 Å². The molecule has 4 rings (SSSR count). The van der Waals surface area contributed by atoms with Gasteiger partial charge in [0.15, 0.2) is 5.96 Å². The third-order valence-electron chi connectivity index (χ3n) is 5.75. The van der Waals surface area contributed by atoms with E-state index in [9.17, 15) is 9.59 Å². The van der Waals surface area contributed by atoms with E-state index in [4.69, 9.17) is 0 Å². The van der Waals surface area contributed by atoms with Crippen molar-refractivity contribution in [3.05, 3.63) is 65.7 Å². The summed E-state index contributed by atoms with van der Waals surface area (Å²) in [7, 11) is 1.73. The van der Waals surface area contributed by atoms with Gasteiger partial charge < -0.3 is 20.4 Å². The predicted molar refractivity (Wildman–Crippen MR) is 137 cm³/mol. The van der Waals surface area contributed by atoms with E-state index in [1.54, 1.807) is 7.05 Å². The second-order valence-electron chi connectivity index (χ2n) is 8.05. The van der Waals surface area contributed by atoms with E-state index < -0.39 is 0 Å². The highest BCUT2D eigenvalue weighted by molar-refractivity contribution is 14.0. The summed E-state index contributed by atoms with van der Waals surface area (Å²) >= 11 is 0. The first-order valence-corrected chi connectivity index (χ1v) is 10.8. The lowest BCUT2D eigenvalue weighted by Gasteiger charge is -2.19. The summed E-state index contributed by atoms with van der Waals surface area (Å²) in [6.07, 6.45) is 2.05. The molecule has 0 aromatic heterocycles. The molecule has 1 unspecified atom stereocenters. The number of nitrogens with one attached hydrogen (secondary N) is 2. The molecule has 7 nitrogen and oxygen atoms in total. The Morgan fingerprint density at radius 1 is 1.06 bits per heavy atom. The van der Waals surface area contributed by atoms with Crippen LogP contribution in [-0.4, -0.2) is 48.9 Å². The number of carbonyl (C=O) groups is 2. The van der Waals surface area contributed by atoms with Gasteiger partial charge in [-0.2, -0.15) is 0 Å². The minimum absolute atomic E-state index is 0. The van der Waals surface area contributed by atoms with Crippen molar-refractivity contribution in [3.63, 3.8) is 0 Å². The molecule has 0 radical (unpaired) electrons. The predicted octanol–water partition coefficient (Wildman–Crippen LogP) is 2.90. The van der Waals surface area contributed by atoms with E-state index in [0.29, 0.717) is 38.4 Å². The molecular weight excluding hydrogens is 517 g/mol. The summed E-state index contributed by atoms with van der Waals surface area (Å²) in [6, 6.07) is 18.0. The normalized spacial score (nSPS) is 18.7. The largest absolute Gasteiger partial charge is 0.352 e. The lowest BCUT2D eigenvalue weighted by Crippen LogP contribution is -2.44. The number of carbonyl (C=O) groups excluding carboxylic acids is 2.